The molecule has 1 N–H and O–H groups in total. The molecule has 3 aromatic rings. The maximum atomic E-state index is 13.2. The lowest BCUT2D eigenvalue weighted by atomic mass is 10.2. The Kier molecular flexibility index (Phi) is 6.70. The molecule has 0 unspecified atom stereocenters. The third-order valence-electron chi connectivity index (χ3n) is 3.44. The van der Waals surface area contributed by atoms with Gasteiger partial charge in [-0.1, -0.05) is 41.0 Å². The van der Waals surface area contributed by atoms with Gasteiger partial charge in [0.2, 0.25) is 5.91 Å². The zero-order valence-corrected chi connectivity index (χ0v) is 16.8. The molecule has 0 aliphatic carbocycles. The van der Waals surface area contributed by atoms with E-state index in [9.17, 15) is 13.6 Å². The lowest BCUT2D eigenvalue weighted by molar-refractivity contribution is -0.115. The molecule has 0 aliphatic rings. The van der Waals surface area contributed by atoms with Crippen LogP contribution in [0.5, 0.6) is 0 Å². The molecule has 1 amide bonds. The first kappa shape index (κ1) is 20.1. The lowest BCUT2D eigenvalue weighted by Crippen LogP contribution is -2.14. The maximum Gasteiger partial charge on any atom is 0.230 e. The monoisotopic (exact) mass is 444 g/mol. The normalized spacial score (nSPS) is 10.8. The quantitative estimate of drug-likeness (QED) is 0.460. The van der Waals surface area contributed by atoms with Crippen LogP contribution in [0.3, 0.4) is 0 Å². The van der Waals surface area contributed by atoms with Gasteiger partial charge in [-0.3, -0.25) is 4.79 Å². The van der Waals surface area contributed by atoms with Crippen LogP contribution in [0.2, 0.25) is 10.0 Å². The first-order valence-electron chi connectivity index (χ1n) is 7.67. The van der Waals surface area contributed by atoms with E-state index in [4.69, 9.17) is 23.2 Å². The smallest absolute Gasteiger partial charge is 0.230 e. The second-order valence-corrected chi connectivity index (χ2v) is 8.41. The Balaban J connectivity index is 1.55. The van der Waals surface area contributed by atoms with Gasteiger partial charge >= 0.3 is 0 Å². The van der Waals surface area contributed by atoms with E-state index in [0.29, 0.717) is 21.5 Å². The van der Waals surface area contributed by atoms with Gasteiger partial charge in [0, 0.05) is 32.9 Å². The van der Waals surface area contributed by atoms with E-state index in [2.05, 4.69) is 10.3 Å². The number of nitrogens with one attached hydrogen (secondary N) is 1. The van der Waals surface area contributed by atoms with Crippen LogP contribution in [0.25, 0.3) is 0 Å². The summed E-state index contributed by atoms with van der Waals surface area (Å²) in [5, 5.41) is 5.48. The Morgan fingerprint density at radius 1 is 1.15 bits per heavy atom. The molecule has 0 spiro atoms. The number of thioether (sulfide) groups is 1. The fourth-order valence-corrected chi connectivity index (χ4v) is 4.56. The molecule has 0 atom stereocenters. The minimum absolute atomic E-state index is 0.0394. The number of halogens is 4. The summed E-state index contributed by atoms with van der Waals surface area (Å²) in [6, 6.07) is 8.53. The number of thiazole rings is 1. The number of hydrogen-bond acceptors (Lipinski definition) is 4. The molecule has 1 aromatic heterocycles. The van der Waals surface area contributed by atoms with Crippen molar-refractivity contribution in [1.29, 1.82) is 0 Å². The molecule has 0 bridgehead atoms. The van der Waals surface area contributed by atoms with Crippen LogP contribution < -0.4 is 5.32 Å². The SMILES string of the molecule is O=C(Cc1csc(SCc2ccc(Cl)cc2Cl)n1)Nc1ccc(F)c(F)c1. The number of nitrogens with zero attached hydrogens (tertiary/aromatic N) is 1. The van der Waals surface area contributed by atoms with Gasteiger partial charge in [0.05, 0.1) is 12.1 Å². The van der Waals surface area contributed by atoms with E-state index in [-0.39, 0.29) is 18.0 Å². The molecule has 0 saturated heterocycles. The van der Waals surface area contributed by atoms with E-state index in [1.54, 1.807) is 17.5 Å². The zero-order valence-electron chi connectivity index (χ0n) is 13.6. The van der Waals surface area contributed by atoms with Crippen molar-refractivity contribution in [3.8, 4) is 0 Å². The van der Waals surface area contributed by atoms with E-state index in [1.807, 2.05) is 6.07 Å². The Labute approximate surface area is 172 Å². The van der Waals surface area contributed by atoms with Crippen LogP contribution in [0.4, 0.5) is 14.5 Å². The van der Waals surface area contributed by atoms with Gasteiger partial charge in [0.25, 0.3) is 0 Å². The molecule has 2 aromatic carbocycles. The number of hydrogen-bond donors (Lipinski definition) is 1. The summed E-state index contributed by atoms with van der Waals surface area (Å²) in [6.45, 7) is 0. The number of carbonyl (C=O) groups excluding carboxylic acids is 1. The zero-order chi connectivity index (χ0) is 19.4. The van der Waals surface area contributed by atoms with Gasteiger partial charge in [-0.05, 0) is 29.8 Å². The number of benzene rings is 2. The number of amides is 1. The topological polar surface area (TPSA) is 42.0 Å². The Morgan fingerprint density at radius 3 is 2.70 bits per heavy atom. The summed E-state index contributed by atoms with van der Waals surface area (Å²) < 4.78 is 26.9. The number of anilines is 1. The van der Waals surface area contributed by atoms with Crippen molar-refractivity contribution in [2.75, 3.05) is 5.32 Å². The predicted molar refractivity (Wildman–Crippen MR) is 107 cm³/mol. The van der Waals surface area contributed by atoms with E-state index in [1.165, 1.54) is 29.2 Å². The van der Waals surface area contributed by atoms with Crippen LogP contribution in [0, 0.1) is 11.6 Å². The summed E-state index contributed by atoms with van der Waals surface area (Å²) in [4.78, 5) is 16.4. The summed E-state index contributed by atoms with van der Waals surface area (Å²) in [5.74, 6) is -1.70. The van der Waals surface area contributed by atoms with Crippen molar-refractivity contribution in [2.24, 2.45) is 0 Å². The third kappa shape index (κ3) is 5.65. The second kappa shape index (κ2) is 9.01. The fraction of sp³-hybridized carbons (Fsp3) is 0.111. The Hall–Kier alpha value is -1.67. The first-order valence-corrected chi connectivity index (χ1v) is 10.3. The number of aromatic nitrogens is 1. The summed E-state index contributed by atoms with van der Waals surface area (Å²) in [6.07, 6.45) is 0.0394. The number of rotatable bonds is 6. The molecule has 3 nitrogen and oxygen atoms in total. The van der Waals surface area contributed by atoms with Gasteiger partial charge in [-0.2, -0.15) is 0 Å². The highest BCUT2D eigenvalue weighted by atomic mass is 35.5. The molecule has 1 heterocycles. The van der Waals surface area contributed by atoms with Crippen molar-refractivity contribution < 1.29 is 13.6 Å². The van der Waals surface area contributed by atoms with Crippen LogP contribution in [-0.2, 0) is 17.0 Å². The Morgan fingerprint density at radius 2 is 1.96 bits per heavy atom. The van der Waals surface area contributed by atoms with Crippen molar-refractivity contribution in [2.45, 2.75) is 16.5 Å². The molecule has 0 aliphatic heterocycles. The molecule has 0 radical (unpaired) electrons. The highest BCUT2D eigenvalue weighted by molar-refractivity contribution is 8.00. The molecule has 0 saturated carbocycles. The van der Waals surface area contributed by atoms with E-state index < -0.39 is 11.6 Å². The van der Waals surface area contributed by atoms with Gasteiger partial charge in [-0.25, -0.2) is 13.8 Å². The molecule has 0 fully saturated rings. The summed E-state index contributed by atoms with van der Waals surface area (Å²) in [7, 11) is 0. The second-order valence-electron chi connectivity index (χ2n) is 5.48. The summed E-state index contributed by atoms with van der Waals surface area (Å²) >= 11 is 15.0. The average Bonchev–Trinajstić information content (AvgIpc) is 3.04. The largest absolute Gasteiger partial charge is 0.326 e. The highest BCUT2D eigenvalue weighted by Gasteiger charge is 2.11. The van der Waals surface area contributed by atoms with Crippen LogP contribution >= 0.6 is 46.3 Å². The minimum Gasteiger partial charge on any atom is -0.326 e. The predicted octanol–water partition coefficient (Wildman–Crippen LogP) is 6.20. The molecule has 9 heteroatoms. The third-order valence-corrected chi connectivity index (χ3v) is 6.15. The van der Waals surface area contributed by atoms with Crippen LogP contribution in [0.15, 0.2) is 46.1 Å². The van der Waals surface area contributed by atoms with Crippen LogP contribution in [-0.4, -0.2) is 10.9 Å². The van der Waals surface area contributed by atoms with Gasteiger partial charge in [0.15, 0.2) is 11.6 Å². The number of carbonyl (C=O) groups is 1. The maximum absolute atomic E-state index is 13.2. The summed E-state index contributed by atoms with van der Waals surface area (Å²) in [5.41, 5.74) is 1.74. The van der Waals surface area contributed by atoms with Crippen molar-refractivity contribution in [1.82, 2.24) is 4.98 Å². The van der Waals surface area contributed by atoms with E-state index >= 15 is 0 Å². The molecule has 3 rings (SSSR count). The van der Waals surface area contributed by atoms with Crippen molar-refractivity contribution in [3.63, 3.8) is 0 Å². The average molecular weight is 445 g/mol. The molecular weight excluding hydrogens is 433 g/mol. The van der Waals surface area contributed by atoms with Gasteiger partial charge in [0.1, 0.15) is 4.34 Å². The minimum atomic E-state index is -1.01. The molecule has 140 valence electrons. The molecule has 27 heavy (non-hydrogen) atoms. The molecular formula is C18H12Cl2F2N2OS2. The standard InChI is InChI=1S/C18H12Cl2F2N2OS2/c19-11-2-1-10(14(20)5-11)8-26-18-24-13(9-27-18)7-17(25)23-12-3-4-15(21)16(22)6-12/h1-6,9H,7-8H2,(H,23,25). The van der Waals surface area contributed by atoms with Crippen molar-refractivity contribution in [3.05, 3.63) is 74.7 Å². The first-order chi connectivity index (χ1) is 12.9. The van der Waals surface area contributed by atoms with Crippen LogP contribution in [0.1, 0.15) is 11.3 Å². The highest BCUT2D eigenvalue weighted by Crippen LogP contribution is 2.30. The van der Waals surface area contributed by atoms with Gasteiger partial charge < -0.3 is 5.32 Å². The lowest BCUT2D eigenvalue weighted by Gasteiger charge is -2.04. The Bertz CT molecular complexity index is 982. The fourth-order valence-electron chi connectivity index (χ4n) is 2.16. The van der Waals surface area contributed by atoms with Gasteiger partial charge in [-0.15, -0.1) is 11.3 Å². The van der Waals surface area contributed by atoms with E-state index in [0.717, 1.165) is 22.0 Å². The van der Waals surface area contributed by atoms with Crippen molar-refractivity contribution >= 4 is 57.9 Å².